The topological polar surface area (TPSA) is 22.9 Å². The Bertz CT molecular complexity index is 3350. The molecular formula is C65H68BN3O. The first-order valence-electron chi connectivity index (χ1n) is 25.9. The van der Waals surface area contributed by atoms with Crippen LogP contribution in [0, 0.1) is 6.92 Å². The summed E-state index contributed by atoms with van der Waals surface area (Å²) < 4.78 is 7.40. The quantitative estimate of drug-likeness (QED) is 0.160. The molecule has 0 saturated carbocycles. The first-order valence-corrected chi connectivity index (χ1v) is 25.9. The predicted octanol–water partition coefficient (Wildman–Crippen LogP) is 16.3. The fourth-order valence-electron chi connectivity index (χ4n) is 12.8. The van der Waals surface area contributed by atoms with Crippen molar-refractivity contribution < 1.29 is 4.42 Å². The SMILES string of the molecule is Cc1cc2c(cc1N1c3cc4c(cc3B3c5oc6ccccc6c5N(c5ccc(C(C)(C)C)cc5)c5cc(N(c6ccccc6)c6ccccc6)cc1c53)C(C)(C)CCC4(C)C)C(C)(C)CCC2(C)C. The zero-order valence-electron chi connectivity index (χ0n) is 43.5. The average molecular weight is 918 g/mol. The molecule has 12 rings (SSSR count). The minimum Gasteiger partial charge on any atom is -0.468 e. The lowest BCUT2D eigenvalue weighted by Crippen LogP contribution is -2.61. The lowest BCUT2D eigenvalue weighted by molar-refractivity contribution is 0.331. The Hall–Kier alpha value is -6.46. The fraction of sp³-hybridized carbons (Fsp3) is 0.323. The predicted molar refractivity (Wildman–Crippen MR) is 299 cm³/mol. The first-order chi connectivity index (χ1) is 33.2. The summed E-state index contributed by atoms with van der Waals surface area (Å²) in [5, 5.41) is 1.12. The Kier molecular flexibility index (Phi) is 9.76. The zero-order chi connectivity index (χ0) is 48.9. The van der Waals surface area contributed by atoms with Crippen LogP contribution in [0.3, 0.4) is 0 Å². The minimum absolute atomic E-state index is 0.000271. The highest BCUT2D eigenvalue weighted by molar-refractivity contribution is 7.00. The Morgan fingerprint density at radius 2 is 0.986 bits per heavy atom. The molecule has 0 unspecified atom stereocenters. The molecule has 0 spiro atoms. The maximum Gasteiger partial charge on any atom is 0.297 e. The zero-order valence-corrected chi connectivity index (χ0v) is 43.5. The molecule has 4 aliphatic rings. The van der Waals surface area contributed by atoms with Crippen molar-refractivity contribution >= 4 is 85.5 Å². The van der Waals surface area contributed by atoms with Crippen LogP contribution in [0.25, 0.3) is 11.0 Å². The van der Waals surface area contributed by atoms with Gasteiger partial charge in [-0.1, -0.05) is 149 Å². The van der Waals surface area contributed by atoms with Crippen molar-refractivity contribution in [2.45, 2.75) is 136 Å². The third-order valence-electron chi connectivity index (χ3n) is 17.2. The number of benzene rings is 7. The van der Waals surface area contributed by atoms with Gasteiger partial charge in [-0.05, 0) is 177 Å². The molecule has 3 heterocycles. The van der Waals surface area contributed by atoms with Crippen LogP contribution in [0.5, 0.6) is 0 Å². The van der Waals surface area contributed by atoms with Gasteiger partial charge >= 0.3 is 0 Å². The van der Waals surface area contributed by atoms with E-state index in [4.69, 9.17) is 4.42 Å². The van der Waals surface area contributed by atoms with E-state index >= 15 is 0 Å². The maximum atomic E-state index is 7.40. The minimum atomic E-state index is -0.167. The van der Waals surface area contributed by atoms with Crippen molar-refractivity contribution in [2.75, 3.05) is 14.7 Å². The number of nitrogens with zero attached hydrogens (tertiary/aromatic N) is 3. The van der Waals surface area contributed by atoms with Gasteiger partial charge < -0.3 is 19.1 Å². The third kappa shape index (κ3) is 6.77. The molecule has 5 heteroatoms. The molecule has 0 amide bonds. The summed E-state index contributed by atoms with van der Waals surface area (Å²) in [4.78, 5) is 7.69. The molecule has 70 heavy (non-hydrogen) atoms. The van der Waals surface area contributed by atoms with Gasteiger partial charge in [-0.3, -0.25) is 0 Å². The van der Waals surface area contributed by atoms with E-state index in [1.807, 2.05) is 0 Å². The number of hydrogen-bond donors (Lipinski definition) is 0. The molecule has 7 aromatic carbocycles. The van der Waals surface area contributed by atoms with Crippen molar-refractivity contribution in [1.82, 2.24) is 0 Å². The van der Waals surface area contributed by atoms with E-state index in [9.17, 15) is 0 Å². The molecule has 0 N–H and O–H groups in total. The van der Waals surface area contributed by atoms with Crippen LogP contribution in [0.15, 0.2) is 150 Å². The standard InChI is InChI=1S/C65H68BN3O/c1-41-35-48-50(64(9,10)33-31-62(48,5)6)39-53(41)69-54-40-51-49(63(7,8)32-34-65(51,11)12)38-52(54)66-58-55(36-46(37-56(58)69)67(43-21-15-13-16-22-43)44-23-17-14-18-24-44)68(45-29-27-42(28-30-45)61(2,3)4)59-47-25-19-20-26-57(47)70-60(59)66/h13-30,35-40H,31-34H2,1-12H3. The number of para-hydroxylation sites is 3. The highest BCUT2D eigenvalue weighted by Crippen LogP contribution is 2.55. The van der Waals surface area contributed by atoms with Crippen LogP contribution < -0.4 is 31.3 Å². The van der Waals surface area contributed by atoms with Crippen LogP contribution in [0.1, 0.15) is 135 Å². The van der Waals surface area contributed by atoms with Crippen LogP contribution in [-0.2, 0) is 27.1 Å². The number of fused-ring (bicyclic) bond motifs is 8. The number of hydrogen-bond acceptors (Lipinski definition) is 4. The molecule has 0 bridgehead atoms. The maximum absolute atomic E-state index is 7.40. The van der Waals surface area contributed by atoms with E-state index in [-0.39, 0.29) is 33.8 Å². The number of aryl methyl sites for hydroxylation is 1. The molecule has 8 aromatic rings. The highest BCUT2D eigenvalue weighted by Gasteiger charge is 2.50. The molecule has 1 aromatic heterocycles. The number of rotatable bonds is 5. The van der Waals surface area contributed by atoms with E-state index in [1.54, 1.807) is 0 Å². The monoisotopic (exact) mass is 918 g/mol. The lowest BCUT2D eigenvalue weighted by Gasteiger charge is -2.47. The van der Waals surface area contributed by atoms with Crippen molar-refractivity contribution in [2.24, 2.45) is 0 Å². The molecule has 352 valence electrons. The Balaban J connectivity index is 1.26. The van der Waals surface area contributed by atoms with E-state index in [0.29, 0.717) is 0 Å². The van der Waals surface area contributed by atoms with Gasteiger partial charge in [0.15, 0.2) is 0 Å². The molecule has 0 saturated heterocycles. The Morgan fingerprint density at radius 3 is 1.54 bits per heavy atom. The summed E-state index contributed by atoms with van der Waals surface area (Å²) in [5.74, 6) is 0. The molecule has 2 aliphatic heterocycles. The molecule has 0 radical (unpaired) electrons. The van der Waals surface area contributed by atoms with Gasteiger partial charge in [0, 0.05) is 45.2 Å². The van der Waals surface area contributed by atoms with Crippen LogP contribution >= 0.6 is 0 Å². The molecule has 0 atom stereocenters. The second-order valence-corrected chi connectivity index (χ2v) is 24.8. The van der Waals surface area contributed by atoms with Crippen LogP contribution in [0.4, 0.5) is 51.2 Å². The van der Waals surface area contributed by atoms with E-state index in [1.165, 1.54) is 73.5 Å². The van der Waals surface area contributed by atoms with Gasteiger partial charge in [-0.25, -0.2) is 0 Å². The summed E-state index contributed by atoms with van der Waals surface area (Å²) in [7, 11) is 0. The number of anilines is 9. The van der Waals surface area contributed by atoms with Gasteiger partial charge in [0.25, 0.3) is 6.71 Å². The van der Waals surface area contributed by atoms with Crippen molar-refractivity contribution in [3.63, 3.8) is 0 Å². The fourth-order valence-corrected chi connectivity index (χ4v) is 12.8. The van der Waals surface area contributed by atoms with Gasteiger partial charge in [0.2, 0.25) is 0 Å². The van der Waals surface area contributed by atoms with Crippen molar-refractivity contribution in [1.29, 1.82) is 0 Å². The third-order valence-corrected chi connectivity index (χ3v) is 17.2. The second-order valence-electron chi connectivity index (χ2n) is 24.8. The van der Waals surface area contributed by atoms with E-state index < -0.39 is 0 Å². The van der Waals surface area contributed by atoms with Crippen molar-refractivity contribution in [3.05, 3.63) is 179 Å². The molecular weight excluding hydrogens is 850 g/mol. The van der Waals surface area contributed by atoms with Gasteiger partial charge in [0.05, 0.1) is 17.0 Å². The van der Waals surface area contributed by atoms with Gasteiger partial charge in [0.1, 0.15) is 5.58 Å². The van der Waals surface area contributed by atoms with Crippen molar-refractivity contribution in [3.8, 4) is 0 Å². The normalized spacial score (nSPS) is 17.9. The largest absolute Gasteiger partial charge is 0.468 e. The van der Waals surface area contributed by atoms with E-state index in [0.717, 1.165) is 64.3 Å². The summed E-state index contributed by atoms with van der Waals surface area (Å²) in [5.41, 5.74) is 23.5. The molecule has 2 aliphatic carbocycles. The summed E-state index contributed by atoms with van der Waals surface area (Å²) in [6.07, 6.45) is 4.61. The van der Waals surface area contributed by atoms with Crippen LogP contribution in [-0.4, -0.2) is 6.71 Å². The first kappa shape index (κ1) is 44.7. The summed E-state index contributed by atoms with van der Waals surface area (Å²) >= 11 is 0. The lowest BCUT2D eigenvalue weighted by atomic mass is 9.35. The second kappa shape index (κ2) is 15.3. The van der Waals surface area contributed by atoms with E-state index in [2.05, 4.69) is 243 Å². The molecule has 0 fully saturated rings. The van der Waals surface area contributed by atoms with Gasteiger partial charge in [-0.15, -0.1) is 0 Å². The molecule has 4 nitrogen and oxygen atoms in total. The smallest absolute Gasteiger partial charge is 0.297 e. The highest BCUT2D eigenvalue weighted by atomic mass is 16.3. The Morgan fingerprint density at radius 1 is 0.500 bits per heavy atom. The van der Waals surface area contributed by atoms with Crippen LogP contribution in [0.2, 0.25) is 0 Å². The summed E-state index contributed by atoms with van der Waals surface area (Å²) in [6.45, 7) is 28.8. The summed E-state index contributed by atoms with van der Waals surface area (Å²) in [6, 6.07) is 55.3. The average Bonchev–Trinajstić information content (AvgIpc) is 3.71. The number of furan rings is 1. The van der Waals surface area contributed by atoms with Gasteiger partial charge in [-0.2, -0.15) is 0 Å². The Labute approximate surface area is 417 Å².